The summed E-state index contributed by atoms with van der Waals surface area (Å²) in [6.07, 6.45) is 7.35. The summed E-state index contributed by atoms with van der Waals surface area (Å²) in [6, 6.07) is 8.47. The molecule has 2 heterocycles. The van der Waals surface area contributed by atoms with Gasteiger partial charge in [0.2, 0.25) is 5.91 Å². The zero-order valence-electron chi connectivity index (χ0n) is 18.7. The number of hydrogen-bond acceptors (Lipinski definition) is 3. The van der Waals surface area contributed by atoms with E-state index in [0.717, 1.165) is 63.2 Å². The Morgan fingerprint density at radius 1 is 1.13 bits per heavy atom. The molecule has 2 fully saturated rings. The monoisotopic (exact) mass is 414 g/mol. The van der Waals surface area contributed by atoms with E-state index in [-0.39, 0.29) is 11.9 Å². The van der Waals surface area contributed by atoms with E-state index in [1.54, 1.807) is 0 Å². The molecule has 1 aromatic carbocycles. The number of urea groups is 1. The number of benzene rings is 1. The first-order chi connectivity index (χ1) is 14.5. The van der Waals surface area contributed by atoms with Crippen LogP contribution in [0.2, 0.25) is 0 Å². The van der Waals surface area contributed by atoms with Gasteiger partial charge in [-0.25, -0.2) is 4.79 Å². The molecule has 0 spiro atoms. The summed E-state index contributed by atoms with van der Waals surface area (Å²) in [7, 11) is 0. The number of hydrogen-bond donors (Lipinski definition) is 2. The maximum Gasteiger partial charge on any atom is 0.321 e. The number of likely N-dealkylation sites (tertiary alicyclic amines) is 2. The van der Waals surface area contributed by atoms with Crippen LogP contribution in [0.1, 0.15) is 57.4 Å². The predicted octanol–water partition coefficient (Wildman–Crippen LogP) is 4.01. The summed E-state index contributed by atoms with van der Waals surface area (Å²) < 4.78 is 0. The highest BCUT2D eigenvalue weighted by Gasteiger charge is 2.24. The zero-order chi connectivity index (χ0) is 21.3. The number of carbonyl (C=O) groups is 2. The molecule has 0 unspecified atom stereocenters. The van der Waals surface area contributed by atoms with Crippen molar-refractivity contribution in [2.75, 3.05) is 38.0 Å². The quantitative estimate of drug-likeness (QED) is 0.709. The van der Waals surface area contributed by atoms with Crippen molar-refractivity contribution in [3.8, 4) is 0 Å². The van der Waals surface area contributed by atoms with Gasteiger partial charge < -0.3 is 15.5 Å². The van der Waals surface area contributed by atoms with E-state index in [2.05, 4.69) is 22.5 Å². The molecular formula is C24H38N4O2. The fraction of sp³-hybridized carbons (Fsp3) is 0.667. The summed E-state index contributed by atoms with van der Waals surface area (Å²) in [5.74, 6) is 0.538. The van der Waals surface area contributed by atoms with Crippen LogP contribution in [0.3, 0.4) is 0 Å². The minimum absolute atomic E-state index is 0.0367. The van der Waals surface area contributed by atoms with Crippen molar-refractivity contribution in [1.29, 1.82) is 0 Å². The molecule has 2 saturated heterocycles. The molecule has 2 aliphatic heterocycles. The number of carbonyl (C=O) groups excluding carboxylic acids is 2. The molecule has 30 heavy (non-hydrogen) atoms. The van der Waals surface area contributed by atoms with Crippen molar-refractivity contribution >= 4 is 17.6 Å². The number of anilines is 1. The lowest BCUT2D eigenvalue weighted by Crippen LogP contribution is -2.43. The first-order valence-electron chi connectivity index (χ1n) is 11.6. The second-order valence-corrected chi connectivity index (χ2v) is 9.02. The summed E-state index contributed by atoms with van der Waals surface area (Å²) in [5.41, 5.74) is 1.97. The summed E-state index contributed by atoms with van der Waals surface area (Å²) in [5, 5.41) is 6.09. The van der Waals surface area contributed by atoms with E-state index in [1.165, 1.54) is 19.3 Å². The Hall–Kier alpha value is -2.08. The summed E-state index contributed by atoms with van der Waals surface area (Å²) in [4.78, 5) is 29.3. The van der Waals surface area contributed by atoms with Crippen LogP contribution in [-0.2, 0) is 4.79 Å². The number of piperidine rings is 2. The second kappa shape index (κ2) is 11.3. The van der Waals surface area contributed by atoms with Crippen LogP contribution in [0.15, 0.2) is 24.3 Å². The smallest absolute Gasteiger partial charge is 0.321 e. The molecule has 166 valence electrons. The average molecular weight is 415 g/mol. The number of rotatable bonds is 7. The van der Waals surface area contributed by atoms with Crippen LogP contribution >= 0.6 is 0 Å². The highest BCUT2D eigenvalue weighted by atomic mass is 16.2. The molecule has 0 saturated carbocycles. The van der Waals surface area contributed by atoms with Crippen molar-refractivity contribution in [2.45, 2.75) is 64.8 Å². The van der Waals surface area contributed by atoms with E-state index in [4.69, 9.17) is 0 Å². The van der Waals surface area contributed by atoms with Gasteiger partial charge in [-0.05, 0) is 76.1 Å². The van der Waals surface area contributed by atoms with Gasteiger partial charge in [0, 0.05) is 44.3 Å². The van der Waals surface area contributed by atoms with E-state index in [1.807, 2.05) is 36.1 Å². The Morgan fingerprint density at radius 2 is 2.00 bits per heavy atom. The Balaban J connectivity index is 1.35. The third-order valence-corrected chi connectivity index (χ3v) is 6.52. The van der Waals surface area contributed by atoms with Gasteiger partial charge in [0.15, 0.2) is 0 Å². The van der Waals surface area contributed by atoms with E-state index < -0.39 is 0 Å². The predicted molar refractivity (Wildman–Crippen MR) is 122 cm³/mol. The van der Waals surface area contributed by atoms with E-state index in [0.29, 0.717) is 18.4 Å². The third kappa shape index (κ3) is 7.01. The van der Waals surface area contributed by atoms with Crippen molar-refractivity contribution in [3.05, 3.63) is 29.8 Å². The third-order valence-electron chi connectivity index (χ3n) is 6.52. The molecule has 0 aromatic heterocycles. The molecule has 2 aliphatic rings. The van der Waals surface area contributed by atoms with Gasteiger partial charge in [-0.15, -0.1) is 0 Å². The van der Waals surface area contributed by atoms with Gasteiger partial charge in [-0.1, -0.05) is 18.6 Å². The first-order valence-corrected chi connectivity index (χ1v) is 11.6. The molecule has 1 aromatic rings. The fourth-order valence-electron chi connectivity index (χ4n) is 4.66. The minimum Gasteiger partial charge on any atom is -0.355 e. The zero-order valence-corrected chi connectivity index (χ0v) is 18.7. The Morgan fingerprint density at radius 3 is 2.80 bits per heavy atom. The van der Waals surface area contributed by atoms with Crippen molar-refractivity contribution in [1.82, 2.24) is 15.1 Å². The van der Waals surface area contributed by atoms with Gasteiger partial charge in [-0.2, -0.15) is 0 Å². The van der Waals surface area contributed by atoms with Gasteiger partial charge in [0.1, 0.15) is 0 Å². The summed E-state index contributed by atoms with van der Waals surface area (Å²) in [6.45, 7) is 8.65. The molecular weight excluding hydrogens is 376 g/mol. The summed E-state index contributed by atoms with van der Waals surface area (Å²) >= 11 is 0. The lowest BCUT2D eigenvalue weighted by molar-refractivity contribution is -0.121. The lowest BCUT2D eigenvalue weighted by Gasteiger charge is -2.33. The lowest BCUT2D eigenvalue weighted by atomic mass is 9.93. The number of nitrogens with one attached hydrogen (secondary N) is 2. The molecule has 0 bridgehead atoms. The highest BCUT2D eigenvalue weighted by molar-refractivity contribution is 5.89. The van der Waals surface area contributed by atoms with Crippen LogP contribution < -0.4 is 10.6 Å². The molecule has 3 amide bonds. The van der Waals surface area contributed by atoms with Crippen LogP contribution in [0, 0.1) is 12.8 Å². The number of nitrogens with zero attached hydrogens (tertiary/aromatic N) is 2. The average Bonchev–Trinajstić information content (AvgIpc) is 2.74. The minimum atomic E-state index is -0.0367. The Labute approximate surface area is 181 Å². The number of amides is 3. The molecule has 2 atom stereocenters. The molecule has 0 aliphatic carbocycles. The van der Waals surface area contributed by atoms with Crippen molar-refractivity contribution in [2.24, 2.45) is 5.92 Å². The second-order valence-electron chi connectivity index (χ2n) is 9.02. The van der Waals surface area contributed by atoms with Crippen molar-refractivity contribution in [3.63, 3.8) is 0 Å². The molecule has 6 nitrogen and oxygen atoms in total. The maximum absolute atomic E-state index is 12.6. The standard InChI is InChI=1S/C24H38N4O2/c1-19-7-5-10-22(17-19)26-24(30)28-15-6-9-21(18-28)11-12-23(29)25-13-16-27-14-4-3-8-20(27)2/h5,7,10,17,20-21H,3-4,6,8-9,11-16,18H2,1-2H3,(H,25,29)(H,26,30)/t20-,21-/m0/s1. The maximum atomic E-state index is 12.6. The van der Waals surface area contributed by atoms with E-state index >= 15 is 0 Å². The first kappa shape index (κ1) is 22.6. The SMILES string of the molecule is Cc1cccc(NC(=O)N2CCC[C@@H](CCC(=O)NCCN3CCCC[C@@H]3C)C2)c1. The number of aryl methyl sites for hydroxylation is 1. The van der Waals surface area contributed by atoms with Crippen LogP contribution in [0.4, 0.5) is 10.5 Å². The van der Waals surface area contributed by atoms with Crippen LogP contribution in [-0.4, -0.2) is 60.5 Å². The largest absolute Gasteiger partial charge is 0.355 e. The molecule has 2 N–H and O–H groups in total. The van der Waals surface area contributed by atoms with Crippen LogP contribution in [0.5, 0.6) is 0 Å². The molecule has 0 radical (unpaired) electrons. The topological polar surface area (TPSA) is 64.7 Å². The van der Waals surface area contributed by atoms with Gasteiger partial charge in [0.25, 0.3) is 0 Å². The van der Waals surface area contributed by atoms with Crippen LogP contribution in [0.25, 0.3) is 0 Å². The Bertz CT molecular complexity index is 708. The highest BCUT2D eigenvalue weighted by Crippen LogP contribution is 2.22. The Kier molecular flexibility index (Phi) is 8.55. The molecule has 3 rings (SSSR count). The normalized spacial score (nSPS) is 22.5. The van der Waals surface area contributed by atoms with Crippen molar-refractivity contribution < 1.29 is 9.59 Å². The fourth-order valence-corrected chi connectivity index (χ4v) is 4.66. The van der Waals surface area contributed by atoms with E-state index in [9.17, 15) is 9.59 Å². The molecule has 6 heteroatoms. The van der Waals surface area contributed by atoms with Gasteiger partial charge >= 0.3 is 6.03 Å². The van der Waals surface area contributed by atoms with Gasteiger partial charge in [-0.3, -0.25) is 9.69 Å². The van der Waals surface area contributed by atoms with Gasteiger partial charge in [0.05, 0.1) is 0 Å².